The normalized spacial score (nSPS) is 49.0. The fraction of sp³-hybridized carbons (Fsp3) is 0.846. The fourth-order valence-electron chi connectivity index (χ4n) is 3.85. The number of nitrogens with two attached hydrogens (primary N) is 1. The highest BCUT2D eigenvalue weighted by Gasteiger charge is 2.56. The molecule has 6 unspecified atom stereocenters. The summed E-state index contributed by atoms with van der Waals surface area (Å²) in [6.07, 6.45) is 6.27. The van der Waals surface area contributed by atoms with Gasteiger partial charge in [-0.05, 0) is 36.0 Å². The van der Waals surface area contributed by atoms with Crippen LogP contribution in [0.4, 0.5) is 0 Å². The number of rotatable bonds is 3. The maximum Gasteiger partial charge on any atom is 0.0320 e. The molecule has 0 aromatic heterocycles. The van der Waals surface area contributed by atoms with E-state index in [1.165, 1.54) is 12.8 Å². The second kappa shape index (κ2) is 4.07. The minimum Gasteiger partial charge on any atom is -0.403 e. The van der Waals surface area contributed by atoms with Crippen LogP contribution < -0.4 is 11.1 Å². The Morgan fingerprint density at radius 1 is 1.40 bits per heavy atom. The molecule has 0 aromatic rings. The third-order valence-electron chi connectivity index (χ3n) is 4.74. The lowest BCUT2D eigenvalue weighted by molar-refractivity contribution is 0.185. The summed E-state index contributed by atoms with van der Waals surface area (Å²) >= 11 is 0. The quantitative estimate of drug-likeness (QED) is 0.747. The van der Waals surface area contributed by atoms with Crippen LogP contribution in [-0.4, -0.2) is 6.04 Å². The van der Waals surface area contributed by atoms with E-state index in [-0.39, 0.29) is 0 Å². The average molecular weight is 208 g/mol. The van der Waals surface area contributed by atoms with Crippen molar-refractivity contribution in [1.29, 1.82) is 0 Å². The lowest BCUT2D eigenvalue weighted by atomic mass is 9.75. The highest BCUT2D eigenvalue weighted by molar-refractivity contribution is 5.09. The highest BCUT2D eigenvalue weighted by atomic mass is 14.9. The highest BCUT2D eigenvalue weighted by Crippen LogP contribution is 2.58. The fourth-order valence-corrected chi connectivity index (χ4v) is 3.85. The molecule has 6 atom stereocenters. The Morgan fingerprint density at radius 2 is 2.13 bits per heavy atom. The van der Waals surface area contributed by atoms with Crippen molar-refractivity contribution < 1.29 is 0 Å². The number of hydrogen-bond acceptors (Lipinski definition) is 2. The molecule has 0 radical (unpaired) electrons. The summed E-state index contributed by atoms with van der Waals surface area (Å²) in [5, 5.41) is 3.52. The van der Waals surface area contributed by atoms with Gasteiger partial charge in [0.15, 0.2) is 0 Å². The van der Waals surface area contributed by atoms with E-state index in [9.17, 15) is 0 Å². The van der Waals surface area contributed by atoms with Gasteiger partial charge in [-0.3, -0.25) is 0 Å². The zero-order chi connectivity index (χ0) is 11.0. The lowest BCUT2D eigenvalue weighted by Crippen LogP contribution is -2.41. The van der Waals surface area contributed by atoms with Crippen molar-refractivity contribution in [1.82, 2.24) is 5.32 Å². The van der Waals surface area contributed by atoms with Crippen molar-refractivity contribution >= 4 is 0 Å². The predicted molar refractivity (Wildman–Crippen MR) is 64.0 cm³/mol. The molecule has 0 amide bonds. The van der Waals surface area contributed by atoms with Crippen LogP contribution in [-0.2, 0) is 0 Å². The molecule has 2 aliphatic rings. The van der Waals surface area contributed by atoms with Gasteiger partial charge in [-0.25, -0.2) is 0 Å². The summed E-state index contributed by atoms with van der Waals surface area (Å²) in [6, 6.07) is 0.665. The Hall–Kier alpha value is -0.660. The van der Waals surface area contributed by atoms with Gasteiger partial charge < -0.3 is 11.1 Å². The van der Waals surface area contributed by atoms with Gasteiger partial charge in [0.1, 0.15) is 0 Å². The summed E-state index contributed by atoms with van der Waals surface area (Å²) in [5.74, 6) is 4.50. The number of hydrogen-bond donors (Lipinski definition) is 2. The van der Waals surface area contributed by atoms with Crippen molar-refractivity contribution in [3.05, 3.63) is 12.4 Å². The standard InChI is InChI=1S/C13H24N2/c1-4-10-8(2)7-11-9(3)12(11)13(10)15-6-5-14/h5-6,8-13,15H,4,7,14H2,1-3H3/b6-5-. The van der Waals surface area contributed by atoms with Crippen molar-refractivity contribution in [2.24, 2.45) is 35.3 Å². The topological polar surface area (TPSA) is 38.0 Å². The van der Waals surface area contributed by atoms with Gasteiger partial charge in [0.25, 0.3) is 0 Å². The van der Waals surface area contributed by atoms with E-state index in [1.54, 1.807) is 6.20 Å². The molecular weight excluding hydrogens is 184 g/mol. The van der Waals surface area contributed by atoms with E-state index >= 15 is 0 Å². The molecule has 0 saturated heterocycles. The second-order valence-electron chi connectivity index (χ2n) is 5.44. The molecule has 2 nitrogen and oxygen atoms in total. The Bertz CT molecular complexity index is 249. The maximum absolute atomic E-state index is 5.42. The van der Waals surface area contributed by atoms with Crippen LogP contribution in [0.2, 0.25) is 0 Å². The number of nitrogens with one attached hydrogen (secondary N) is 1. The van der Waals surface area contributed by atoms with Crippen LogP contribution >= 0.6 is 0 Å². The Balaban J connectivity index is 2.07. The molecule has 0 bridgehead atoms. The Labute approximate surface area is 93.3 Å². The van der Waals surface area contributed by atoms with Crippen molar-refractivity contribution in [3.63, 3.8) is 0 Å². The van der Waals surface area contributed by atoms with Crippen molar-refractivity contribution in [2.75, 3.05) is 0 Å². The molecule has 15 heavy (non-hydrogen) atoms. The van der Waals surface area contributed by atoms with Crippen molar-refractivity contribution in [2.45, 2.75) is 39.7 Å². The number of fused-ring (bicyclic) bond motifs is 1. The molecule has 0 heterocycles. The average Bonchev–Trinajstić information content (AvgIpc) is 2.85. The molecule has 3 N–H and O–H groups in total. The summed E-state index contributed by atoms with van der Waals surface area (Å²) in [6.45, 7) is 7.13. The van der Waals surface area contributed by atoms with Crippen LogP contribution in [0.1, 0.15) is 33.6 Å². The van der Waals surface area contributed by atoms with Crippen LogP contribution in [0, 0.1) is 29.6 Å². The second-order valence-corrected chi connectivity index (χ2v) is 5.44. The monoisotopic (exact) mass is 208 g/mol. The molecule has 0 aliphatic heterocycles. The summed E-state index contributed by atoms with van der Waals surface area (Å²) in [4.78, 5) is 0. The van der Waals surface area contributed by atoms with E-state index in [0.29, 0.717) is 6.04 Å². The first-order chi connectivity index (χ1) is 7.20. The minimum absolute atomic E-state index is 0.665. The molecule has 2 saturated carbocycles. The van der Waals surface area contributed by atoms with Gasteiger partial charge >= 0.3 is 0 Å². The van der Waals surface area contributed by atoms with Crippen LogP contribution in [0.3, 0.4) is 0 Å². The third-order valence-corrected chi connectivity index (χ3v) is 4.74. The van der Waals surface area contributed by atoms with Crippen LogP contribution in [0.5, 0.6) is 0 Å². The molecule has 0 aromatic carbocycles. The summed E-state index contributed by atoms with van der Waals surface area (Å²) in [7, 11) is 0. The first-order valence-corrected chi connectivity index (χ1v) is 6.33. The smallest absolute Gasteiger partial charge is 0.0320 e. The molecule has 2 rings (SSSR count). The molecule has 2 heteroatoms. The van der Waals surface area contributed by atoms with Crippen LogP contribution in [0.15, 0.2) is 12.4 Å². The van der Waals surface area contributed by atoms with Gasteiger partial charge in [-0.2, -0.15) is 0 Å². The third kappa shape index (κ3) is 1.75. The lowest BCUT2D eigenvalue weighted by Gasteiger charge is -2.36. The van der Waals surface area contributed by atoms with E-state index in [0.717, 1.165) is 29.6 Å². The van der Waals surface area contributed by atoms with Gasteiger partial charge in [0, 0.05) is 18.4 Å². The van der Waals surface area contributed by atoms with Gasteiger partial charge in [0.05, 0.1) is 0 Å². The first kappa shape index (κ1) is 10.8. The molecule has 2 aliphatic carbocycles. The van der Waals surface area contributed by atoms with E-state index < -0.39 is 0 Å². The van der Waals surface area contributed by atoms with Crippen LogP contribution in [0.25, 0.3) is 0 Å². The van der Waals surface area contributed by atoms with E-state index in [4.69, 9.17) is 5.73 Å². The van der Waals surface area contributed by atoms with E-state index in [1.807, 2.05) is 6.20 Å². The SMILES string of the molecule is CCC1C(C)CC2C(C)C2C1N/C=C\N. The molecule has 0 spiro atoms. The maximum atomic E-state index is 5.42. The Kier molecular flexibility index (Phi) is 2.94. The summed E-state index contributed by atoms with van der Waals surface area (Å²) in [5.41, 5.74) is 5.42. The zero-order valence-corrected chi connectivity index (χ0v) is 10.1. The molecule has 2 fully saturated rings. The first-order valence-electron chi connectivity index (χ1n) is 6.33. The zero-order valence-electron chi connectivity index (χ0n) is 10.1. The van der Waals surface area contributed by atoms with Crippen molar-refractivity contribution in [3.8, 4) is 0 Å². The van der Waals surface area contributed by atoms with E-state index in [2.05, 4.69) is 26.1 Å². The van der Waals surface area contributed by atoms with Gasteiger partial charge in [-0.1, -0.05) is 27.2 Å². The van der Waals surface area contributed by atoms with Gasteiger partial charge in [0.2, 0.25) is 0 Å². The Morgan fingerprint density at radius 3 is 2.73 bits per heavy atom. The summed E-state index contributed by atoms with van der Waals surface area (Å²) < 4.78 is 0. The molecular formula is C13H24N2. The minimum atomic E-state index is 0.665. The molecule has 86 valence electrons. The predicted octanol–water partition coefficient (Wildman–Crippen LogP) is 2.32. The largest absolute Gasteiger partial charge is 0.403 e. The van der Waals surface area contributed by atoms with Gasteiger partial charge in [-0.15, -0.1) is 0 Å².